The van der Waals surface area contributed by atoms with Gasteiger partial charge in [-0.25, -0.2) is 4.98 Å². The predicted molar refractivity (Wildman–Crippen MR) is 79.8 cm³/mol. The molecule has 1 amide bonds. The van der Waals surface area contributed by atoms with Crippen LogP contribution in [0.25, 0.3) is 0 Å². The second-order valence-corrected chi connectivity index (χ2v) is 6.99. The molecule has 0 aliphatic carbocycles. The molecule has 2 rings (SSSR count). The van der Waals surface area contributed by atoms with Crippen molar-refractivity contribution in [1.29, 1.82) is 0 Å². The van der Waals surface area contributed by atoms with Gasteiger partial charge in [0.05, 0.1) is 3.79 Å². The Bertz CT molecular complexity index is 553. The SMILES string of the molecule is CN(Cc1csc(Br)c1)C(=O)c1ccc(Br)cn1. The van der Waals surface area contributed by atoms with Crippen molar-refractivity contribution >= 4 is 49.1 Å². The quantitative estimate of drug-likeness (QED) is 0.796. The van der Waals surface area contributed by atoms with Crippen LogP contribution in [0.2, 0.25) is 0 Å². The second kappa shape index (κ2) is 5.95. The number of hydrogen-bond donors (Lipinski definition) is 0. The summed E-state index contributed by atoms with van der Waals surface area (Å²) >= 11 is 8.32. The predicted octanol–water partition coefficient (Wildman–Crippen LogP) is 3.94. The van der Waals surface area contributed by atoms with Crippen molar-refractivity contribution in [2.45, 2.75) is 6.54 Å². The molecular weight excluding hydrogens is 380 g/mol. The Hall–Kier alpha value is -0.720. The summed E-state index contributed by atoms with van der Waals surface area (Å²) in [5, 5.41) is 2.03. The summed E-state index contributed by atoms with van der Waals surface area (Å²) in [6, 6.07) is 5.55. The van der Waals surface area contributed by atoms with Gasteiger partial charge in [-0.15, -0.1) is 11.3 Å². The molecule has 0 radical (unpaired) electrons. The Morgan fingerprint density at radius 3 is 2.78 bits per heavy atom. The van der Waals surface area contributed by atoms with Gasteiger partial charge in [0.1, 0.15) is 5.69 Å². The first kappa shape index (κ1) is 13.7. The highest BCUT2D eigenvalue weighted by atomic mass is 79.9. The van der Waals surface area contributed by atoms with E-state index in [1.54, 1.807) is 35.5 Å². The fourth-order valence-electron chi connectivity index (χ4n) is 1.47. The van der Waals surface area contributed by atoms with Gasteiger partial charge in [-0.05, 0) is 61.0 Å². The number of nitrogens with zero attached hydrogens (tertiary/aromatic N) is 2. The third-order valence-electron chi connectivity index (χ3n) is 2.33. The number of carbonyl (C=O) groups excluding carboxylic acids is 1. The van der Waals surface area contributed by atoms with Gasteiger partial charge in [0.25, 0.3) is 5.91 Å². The van der Waals surface area contributed by atoms with Crippen LogP contribution in [-0.2, 0) is 6.54 Å². The topological polar surface area (TPSA) is 33.2 Å². The van der Waals surface area contributed by atoms with Crippen molar-refractivity contribution < 1.29 is 4.79 Å². The fraction of sp³-hybridized carbons (Fsp3) is 0.167. The Morgan fingerprint density at radius 1 is 1.44 bits per heavy atom. The molecule has 18 heavy (non-hydrogen) atoms. The lowest BCUT2D eigenvalue weighted by Crippen LogP contribution is -2.26. The fourth-order valence-corrected chi connectivity index (χ4v) is 2.91. The highest BCUT2D eigenvalue weighted by molar-refractivity contribution is 9.11. The van der Waals surface area contributed by atoms with E-state index in [4.69, 9.17) is 0 Å². The number of thiophene rings is 1. The van der Waals surface area contributed by atoms with Crippen LogP contribution in [0.5, 0.6) is 0 Å². The first-order valence-corrected chi connectivity index (χ1v) is 7.63. The molecule has 0 fully saturated rings. The number of carbonyl (C=O) groups is 1. The molecule has 2 aromatic heterocycles. The number of pyridine rings is 1. The Labute approximate surface area is 126 Å². The van der Waals surface area contributed by atoms with E-state index in [-0.39, 0.29) is 5.91 Å². The molecule has 6 heteroatoms. The van der Waals surface area contributed by atoms with Gasteiger partial charge in [0.15, 0.2) is 0 Å². The van der Waals surface area contributed by atoms with Crippen molar-refractivity contribution in [2.24, 2.45) is 0 Å². The zero-order valence-electron chi connectivity index (χ0n) is 9.56. The summed E-state index contributed by atoms with van der Waals surface area (Å²) in [6.07, 6.45) is 1.63. The van der Waals surface area contributed by atoms with Gasteiger partial charge in [-0.2, -0.15) is 0 Å². The van der Waals surface area contributed by atoms with E-state index in [1.807, 2.05) is 17.5 Å². The molecule has 0 aliphatic heterocycles. The van der Waals surface area contributed by atoms with E-state index in [1.165, 1.54) is 0 Å². The lowest BCUT2D eigenvalue weighted by atomic mass is 10.3. The average Bonchev–Trinajstić information content (AvgIpc) is 2.75. The van der Waals surface area contributed by atoms with Crippen LogP contribution in [0.4, 0.5) is 0 Å². The summed E-state index contributed by atoms with van der Waals surface area (Å²) in [6.45, 7) is 0.582. The maximum Gasteiger partial charge on any atom is 0.272 e. The molecule has 0 N–H and O–H groups in total. The first-order valence-electron chi connectivity index (χ1n) is 5.16. The lowest BCUT2D eigenvalue weighted by Gasteiger charge is -2.15. The molecule has 0 atom stereocenters. The standard InChI is InChI=1S/C12H10Br2N2OS/c1-16(6-8-4-11(14)18-7-8)12(17)10-3-2-9(13)5-15-10/h2-5,7H,6H2,1H3. The van der Waals surface area contributed by atoms with E-state index in [0.717, 1.165) is 13.8 Å². The number of rotatable bonds is 3. The van der Waals surface area contributed by atoms with Gasteiger partial charge in [0.2, 0.25) is 0 Å². The minimum absolute atomic E-state index is 0.0789. The summed E-state index contributed by atoms with van der Waals surface area (Å²) in [5.74, 6) is -0.0789. The van der Waals surface area contributed by atoms with E-state index < -0.39 is 0 Å². The Kier molecular flexibility index (Phi) is 4.53. The van der Waals surface area contributed by atoms with Crippen molar-refractivity contribution in [2.75, 3.05) is 7.05 Å². The first-order chi connectivity index (χ1) is 8.56. The molecule has 0 bridgehead atoms. The molecule has 0 aromatic carbocycles. The second-order valence-electron chi connectivity index (χ2n) is 3.78. The number of hydrogen-bond acceptors (Lipinski definition) is 3. The highest BCUT2D eigenvalue weighted by Crippen LogP contribution is 2.21. The van der Waals surface area contributed by atoms with Crippen LogP contribution < -0.4 is 0 Å². The maximum absolute atomic E-state index is 12.1. The van der Waals surface area contributed by atoms with Gasteiger partial charge >= 0.3 is 0 Å². The zero-order chi connectivity index (χ0) is 13.1. The van der Waals surface area contributed by atoms with Gasteiger partial charge in [-0.3, -0.25) is 4.79 Å². The third kappa shape index (κ3) is 3.40. The van der Waals surface area contributed by atoms with Gasteiger partial charge < -0.3 is 4.90 Å². The minimum atomic E-state index is -0.0789. The van der Waals surface area contributed by atoms with Crippen molar-refractivity contribution in [3.8, 4) is 0 Å². The minimum Gasteiger partial charge on any atom is -0.336 e. The van der Waals surface area contributed by atoms with E-state index in [9.17, 15) is 4.79 Å². The number of amides is 1. The Balaban J connectivity index is 2.07. The van der Waals surface area contributed by atoms with Gasteiger partial charge in [0, 0.05) is 24.3 Å². The molecule has 0 unspecified atom stereocenters. The van der Waals surface area contributed by atoms with E-state index in [2.05, 4.69) is 36.8 Å². The molecule has 94 valence electrons. The van der Waals surface area contributed by atoms with Crippen LogP contribution in [-0.4, -0.2) is 22.8 Å². The molecule has 2 heterocycles. The molecule has 3 nitrogen and oxygen atoms in total. The van der Waals surface area contributed by atoms with Crippen LogP contribution in [0, 0.1) is 0 Å². The molecule has 0 spiro atoms. The number of halogens is 2. The molecular formula is C12H10Br2N2OS. The molecule has 0 saturated heterocycles. The Morgan fingerprint density at radius 2 is 2.22 bits per heavy atom. The summed E-state index contributed by atoms with van der Waals surface area (Å²) in [5.41, 5.74) is 1.56. The maximum atomic E-state index is 12.1. The molecule has 0 saturated carbocycles. The van der Waals surface area contributed by atoms with E-state index >= 15 is 0 Å². The zero-order valence-corrected chi connectivity index (χ0v) is 13.5. The number of aromatic nitrogens is 1. The van der Waals surface area contributed by atoms with Crippen molar-refractivity contribution in [3.05, 3.63) is 49.3 Å². The lowest BCUT2D eigenvalue weighted by molar-refractivity contribution is 0.0779. The average molecular weight is 390 g/mol. The largest absolute Gasteiger partial charge is 0.336 e. The van der Waals surface area contributed by atoms with Crippen LogP contribution in [0.15, 0.2) is 38.0 Å². The van der Waals surface area contributed by atoms with Gasteiger partial charge in [-0.1, -0.05) is 0 Å². The molecule has 0 aliphatic rings. The highest BCUT2D eigenvalue weighted by Gasteiger charge is 2.13. The smallest absolute Gasteiger partial charge is 0.272 e. The van der Waals surface area contributed by atoms with Crippen molar-refractivity contribution in [3.63, 3.8) is 0 Å². The third-order valence-corrected chi connectivity index (χ3v) is 4.36. The normalized spacial score (nSPS) is 10.4. The summed E-state index contributed by atoms with van der Waals surface area (Å²) in [4.78, 5) is 17.9. The molecule has 2 aromatic rings. The van der Waals surface area contributed by atoms with Crippen LogP contribution in [0.3, 0.4) is 0 Å². The monoisotopic (exact) mass is 388 g/mol. The van der Waals surface area contributed by atoms with E-state index in [0.29, 0.717) is 12.2 Å². The van der Waals surface area contributed by atoms with Crippen molar-refractivity contribution in [1.82, 2.24) is 9.88 Å². The summed E-state index contributed by atoms with van der Waals surface area (Å²) in [7, 11) is 1.78. The van der Waals surface area contributed by atoms with Crippen LogP contribution >= 0.6 is 43.2 Å². The summed E-state index contributed by atoms with van der Waals surface area (Å²) < 4.78 is 1.93. The van der Waals surface area contributed by atoms with Crippen LogP contribution in [0.1, 0.15) is 16.1 Å².